The van der Waals surface area contributed by atoms with Crippen LogP contribution in [0, 0.1) is 0 Å². The number of amidine groups is 1. The molecule has 0 fully saturated rings. The Bertz CT molecular complexity index is 856. The Labute approximate surface area is 142 Å². The molecule has 2 nitrogen and oxygen atoms in total. The average Bonchev–Trinajstić information content (AvgIpc) is 2.68. The SMILES string of the molecule is C=CC1=NC(c2ccccc2)(c2ccccc2)c2ccccc2N1. The van der Waals surface area contributed by atoms with Crippen LogP contribution in [0.2, 0.25) is 0 Å². The van der Waals surface area contributed by atoms with Crippen molar-refractivity contribution < 1.29 is 0 Å². The number of para-hydroxylation sites is 1. The molecule has 2 heteroatoms. The molecule has 3 aromatic carbocycles. The highest BCUT2D eigenvalue weighted by molar-refractivity contribution is 6.06. The van der Waals surface area contributed by atoms with Gasteiger partial charge in [-0.05, 0) is 23.3 Å². The van der Waals surface area contributed by atoms with Crippen LogP contribution in [0.15, 0.2) is 103 Å². The molecule has 1 N–H and O–H groups in total. The lowest BCUT2D eigenvalue weighted by molar-refractivity contribution is 0.653. The van der Waals surface area contributed by atoms with Gasteiger partial charge in [0.15, 0.2) is 0 Å². The number of anilines is 1. The lowest BCUT2D eigenvalue weighted by Gasteiger charge is -2.37. The van der Waals surface area contributed by atoms with E-state index in [4.69, 9.17) is 4.99 Å². The second kappa shape index (κ2) is 5.82. The van der Waals surface area contributed by atoms with E-state index >= 15 is 0 Å². The van der Waals surface area contributed by atoms with E-state index in [1.165, 1.54) is 0 Å². The molecule has 0 spiro atoms. The summed E-state index contributed by atoms with van der Waals surface area (Å²) in [5, 5.41) is 3.37. The first kappa shape index (κ1) is 14.5. The van der Waals surface area contributed by atoms with Crippen LogP contribution in [0.25, 0.3) is 0 Å². The van der Waals surface area contributed by atoms with Crippen molar-refractivity contribution in [2.45, 2.75) is 5.54 Å². The minimum atomic E-state index is -0.576. The van der Waals surface area contributed by atoms with Crippen molar-refractivity contribution in [2.75, 3.05) is 5.32 Å². The predicted octanol–water partition coefficient (Wildman–Crippen LogP) is 4.99. The zero-order chi connectivity index (χ0) is 16.4. The molecule has 0 unspecified atom stereocenters. The van der Waals surface area contributed by atoms with Crippen molar-refractivity contribution in [3.63, 3.8) is 0 Å². The van der Waals surface area contributed by atoms with E-state index in [0.29, 0.717) is 0 Å². The third-order valence-electron chi connectivity index (χ3n) is 4.44. The largest absolute Gasteiger partial charge is 0.340 e. The molecule has 3 aromatic rings. The number of hydrogen-bond acceptors (Lipinski definition) is 2. The maximum atomic E-state index is 5.10. The fourth-order valence-corrected chi connectivity index (χ4v) is 3.38. The van der Waals surface area contributed by atoms with Gasteiger partial charge in [0.25, 0.3) is 0 Å². The van der Waals surface area contributed by atoms with Gasteiger partial charge in [-0.25, -0.2) is 4.99 Å². The molecule has 0 aromatic heterocycles. The topological polar surface area (TPSA) is 24.4 Å². The number of nitrogens with one attached hydrogen (secondary N) is 1. The summed E-state index contributed by atoms with van der Waals surface area (Å²) >= 11 is 0. The molecule has 0 aliphatic carbocycles. The Morgan fingerprint density at radius 2 is 1.29 bits per heavy atom. The minimum absolute atomic E-state index is 0.576. The summed E-state index contributed by atoms with van der Waals surface area (Å²) in [6.07, 6.45) is 1.77. The number of rotatable bonds is 3. The molecule has 1 aliphatic heterocycles. The van der Waals surface area contributed by atoms with Crippen LogP contribution in [-0.4, -0.2) is 5.84 Å². The summed E-state index contributed by atoms with van der Waals surface area (Å²) in [5.74, 6) is 0.779. The summed E-state index contributed by atoms with van der Waals surface area (Å²) in [7, 11) is 0. The number of aliphatic imine (C=N–C) groups is 1. The average molecular weight is 310 g/mol. The van der Waals surface area contributed by atoms with E-state index < -0.39 is 5.54 Å². The zero-order valence-electron chi connectivity index (χ0n) is 13.3. The Kier molecular flexibility index (Phi) is 3.51. The van der Waals surface area contributed by atoms with Gasteiger partial charge in [-0.2, -0.15) is 0 Å². The van der Waals surface area contributed by atoms with Crippen LogP contribution in [0.5, 0.6) is 0 Å². The third kappa shape index (κ3) is 2.16. The highest BCUT2D eigenvalue weighted by Crippen LogP contribution is 2.45. The zero-order valence-corrected chi connectivity index (χ0v) is 13.3. The molecule has 4 rings (SSSR count). The quantitative estimate of drug-likeness (QED) is 0.724. The van der Waals surface area contributed by atoms with Crippen LogP contribution in [0.1, 0.15) is 16.7 Å². The highest BCUT2D eigenvalue weighted by Gasteiger charge is 2.40. The van der Waals surface area contributed by atoms with Gasteiger partial charge in [0.2, 0.25) is 0 Å². The fraction of sp³-hybridized carbons (Fsp3) is 0.0455. The van der Waals surface area contributed by atoms with Gasteiger partial charge >= 0.3 is 0 Å². The van der Waals surface area contributed by atoms with E-state index in [-0.39, 0.29) is 0 Å². The van der Waals surface area contributed by atoms with E-state index in [0.717, 1.165) is 28.2 Å². The van der Waals surface area contributed by atoms with Crippen molar-refractivity contribution in [1.82, 2.24) is 0 Å². The number of benzene rings is 3. The molecule has 0 saturated heterocycles. The Balaban J connectivity index is 2.11. The Morgan fingerprint density at radius 1 is 0.750 bits per heavy atom. The van der Waals surface area contributed by atoms with Gasteiger partial charge in [-0.15, -0.1) is 0 Å². The highest BCUT2D eigenvalue weighted by atomic mass is 15.1. The first-order valence-electron chi connectivity index (χ1n) is 8.04. The van der Waals surface area contributed by atoms with Crippen molar-refractivity contribution in [2.24, 2.45) is 4.99 Å². The first-order valence-corrected chi connectivity index (χ1v) is 8.04. The van der Waals surface area contributed by atoms with Gasteiger partial charge in [0.1, 0.15) is 11.4 Å². The second-order valence-electron chi connectivity index (χ2n) is 5.81. The standard InChI is InChI=1S/C22H18N2/c1-2-21-23-20-16-10-9-15-19(20)22(24-21,17-11-5-3-6-12-17)18-13-7-4-8-14-18/h2-16H,1H2,(H,23,24). The van der Waals surface area contributed by atoms with E-state index in [1.54, 1.807) is 6.08 Å². The molecule has 0 bridgehead atoms. The second-order valence-corrected chi connectivity index (χ2v) is 5.81. The smallest absolute Gasteiger partial charge is 0.140 e. The summed E-state index contributed by atoms with van der Waals surface area (Å²) in [6, 6.07) is 29.2. The maximum Gasteiger partial charge on any atom is 0.140 e. The molecule has 0 saturated carbocycles. The molecule has 0 radical (unpaired) electrons. The summed E-state index contributed by atoms with van der Waals surface area (Å²) in [5.41, 5.74) is 3.92. The van der Waals surface area contributed by atoms with Crippen LogP contribution < -0.4 is 5.32 Å². The molecule has 1 aliphatic rings. The summed E-state index contributed by atoms with van der Waals surface area (Å²) < 4.78 is 0. The monoisotopic (exact) mass is 310 g/mol. The molecular formula is C22H18N2. The van der Waals surface area contributed by atoms with Crippen molar-refractivity contribution in [3.8, 4) is 0 Å². The fourth-order valence-electron chi connectivity index (χ4n) is 3.38. The van der Waals surface area contributed by atoms with E-state index in [1.807, 2.05) is 18.2 Å². The van der Waals surface area contributed by atoms with Gasteiger partial charge < -0.3 is 5.32 Å². The number of fused-ring (bicyclic) bond motifs is 1. The molecular weight excluding hydrogens is 292 g/mol. The normalized spacial score (nSPS) is 14.9. The van der Waals surface area contributed by atoms with E-state index in [9.17, 15) is 0 Å². The molecule has 0 amide bonds. The molecule has 24 heavy (non-hydrogen) atoms. The predicted molar refractivity (Wildman–Crippen MR) is 100 cm³/mol. The molecule has 0 atom stereocenters. The van der Waals surface area contributed by atoms with Crippen LogP contribution in [-0.2, 0) is 5.54 Å². The summed E-state index contributed by atoms with van der Waals surface area (Å²) in [4.78, 5) is 5.10. The first-order chi connectivity index (χ1) is 11.8. The van der Waals surface area contributed by atoms with Crippen molar-refractivity contribution >= 4 is 11.5 Å². The lowest BCUT2D eigenvalue weighted by Crippen LogP contribution is -2.34. The van der Waals surface area contributed by atoms with Crippen LogP contribution >= 0.6 is 0 Å². The van der Waals surface area contributed by atoms with Crippen LogP contribution in [0.4, 0.5) is 5.69 Å². The molecule has 116 valence electrons. The lowest BCUT2D eigenvalue weighted by atomic mass is 9.76. The van der Waals surface area contributed by atoms with Gasteiger partial charge in [0, 0.05) is 11.3 Å². The van der Waals surface area contributed by atoms with Crippen LogP contribution in [0.3, 0.4) is 0 Å². The van der Waals surface area contributed by atoms with E-state index in [2.05, 4.69) is 78.6 Å². The number of nitrogens with zero attached hydrogens (tertiary/aromatic N) is 1. The van der Waals surface area contributed by atoms with Gasteiger partial charge in [0.05, 0.1) is 0 Å². The third-order valence-corrected chi connectivity index (χ3v) is 4.44. The molecule has 1 heterocycles. The Hall–Kier alpha value is -3.13. The van der Waals surface area contributed by atoms with Gasteiger partial charge in [-0.1, -0.05) is 85.4 Å². The van der Waals surface area contributed by atoms with Gasteiger partial charge in [-0.3, -0.25) is 0 Å². The Morgan fingerprint density at radius 3 is 1.88 bits per heavy atom. The van der Waals surface area contributed by atoms with Crippen molar-refractivity contribution in [3.05, 3.63) is 114 Å². The van der Waals surface area contributed by atoms with Crippen molar-refractivity contribution in [1.29, 1.82) is 0 Å². The number of hydrogen-bond donors (Lipinski definition) is 1. The summed E-state index contributed by atoms with van der Waals surface area (Å²) in [6.45, 7) is 3.92. The maximum absolute atomic E-state index is 5.10. The minimum Gasteiger partial charge on any atom is -0.340 e.